The number of nitrogens with two attached hydrogens (primary N) is 1. The van der Waals surface area contributed by atoms with Crippen LogP contribution in [0.2, 0.25) is 0 Å². The van der Waals surface area contributed by atoms with Gasteiger partial charge in [-0.25, -0.2) is 4.39 Å². The molecule has 0 heterocycles. The second-order valence-electron chi connectivity index (χ2n) is 2.78. The summed E-state index contributed by atoms with van der Waals surface area (Å²) in [4.78, 5) is 0. The van der Waals surface area contributed by atoms with Crippen molar-refractivity contribution in [2.75, 3.05) is 13.2 Å². The molecule has 0 aromatic heterocycles. The minimum Gasteiger partial charge on any atom is -0.479 e. The standard InChI is InChI=1S/C10H11FN2O/c11-9-5-8(1-2-12)6-10(7-9)14-4-3-13/h5-7H,1-2,4,12H2. The monoisotopic (exact) mass is 194 g/mol. The highest BCUT2D eigenvalue weighted by Gasteiger charge is 2.00. The SMILES string of the molecule is N#CCOc1cc(F)cc(CCN)c1. The number of rotatable bonds is 4. The van der Waals surface area contributed by atoms with Crippen LogP contribution in [0.3, 0.4) is 0 Å². The molecule has 0 fully saturated rings. The van der Waals surface area contributed by atoms with Crippen LogP contribution in [0.15, 0.2) is 18.2 Å². The van der Waals surface area contributed by atoms with E-state index < -0.39 is 0 Å². The first kappa shape index (κ1) is 10.5. The molecule has 0 radical (unpaired) electrons. The summed E-state index contributed by atoms with van der Waals surface area (Å²) in [5.41, 5.74) is 6.12. The third-order valence-corrected chi connectivity index (χ3v) is 1.67. The normalized spacial score (nSPS) is 9.50. The lowest BCUT2D eigenvalue weighted by Crippen LogP contribution is -2.03. The van der Waals surface area contributed by atoms with Crippen molar-refractivity contribution in [3.8, 4) is 11.8 Å². The summed E-state index contributed by atoms with van der Waals surface area (Å²) in [7, 11) is 0. The van der Waals surface area contributed by atoms with Gasteiger partial charge < -0.3 is 10.5 Å². The highest BCUT2D eigenvalue weighted by molar-refractivity contribution is 5.30. The smallest absolute Gasteiger partial charge is 0.174 e. The van der Waals surface area contributed by atoms with Crippen molar-refractivity contribution in [1.82, 2.24) is 0 Å². The lowest BCUT2D eigenvalue weighted by Gasteiger charge is -2.04. The molecule has 0 saturated heterocycles. The molecular weight excluding hydrogens is 183 g/mol. The van der Waals surface area contributed by atoms with Crippen LogP contribution in [0.25, 0.3) is 0 Å². The number of hydrogen-bond donors (Lipinski definition) is 1. The van der Waals surface area contributed by atoms with Crippen LogP contribution >= 0.6 is 0 Å². The molecule has 0 atom stereocenters. The van der Waals surface area contributed by atoms with E-state index in [1.165, 1.54) is 12.1 Å². The molecule has 0 bridgehead atoms. The molecule has 0 aliphatic heterocycles. The number of benzene rings is 1. The van der Waals surface area contributed by atoms with Crippen molar-refractivity contribution in [3.63, 3.8) is 0 Å². The van der Waals surface area contributed by atoms with Crippen molar-refractivity contribution >= 4 is 0 Å². The molecular formula is C10H11FN2O. The third kappa shape index (κ3) is 3.04. The lowest BCUT2D eigenvalue weighted by atomic mass is 10.1. The Morgan fingerprint density at radius 3 is 2.86 bits per heavy atom. The maximum absolute atomic E-state index is 13.0. The van der Waals surface area contributed by atoms with Gasteiger partial charge >= 0.3 is 0 Å². The van der Waals surface area contributed by atoms with E-state index in [0.29, 0.717) is 18.7 Å². The van der Waals surface area contributed by atoms with Crippen molar-refractivity contribution in [2.24, 2.45) is 5.73 Å². The minimum atomic E-state index is -0.371. The zero-order valence-corrected chi connectivity index (χ0v) is 7.66. The van der Waals surface area contributed by atoms with E-state index in [4.69, 9.17) is 15.7 Å². The summed E-state index contributed by atoms with van der Waals surface area (Å²) in [6.07, 6.45) is 0.598. The molecule has 3 nitrogen and oxygen atoms in total. The van der Waals surface area contributed by atoms with Crippen molar-refractivity contribution in [2.45, 2.75) is 6.42 Å². The molecule has 0 spiro atoms. The first-order valence-electron chi connectivity index (χ1n) is 4.25. The van der Waals surface area contributed by atoms with Gasteiger partial charge in [0.15, 0.2) is 6.61 Å². The quantitative estimate of drug-likeness (QED) is 0.784. The molecule has 1 aromatic carbocycles. The van der Waals surface area contributed by atoms with E-state index in [1.54, 1.807) is 6.07 Å². The Morgan fingerprint density at radius 2 is 2.21 bits per heavy atom. The summed E-state index contributed by atoms with van der Waals surface area (Å²) >= 11 is 0. The van der Waals surface area contributed by atoms with Gasteiger partial charge in [-0.3, -0.25) is 0 Å². The summed E-state index contributed by atoms with van der Waals surface area (Å²) in [5.74, 6) is -0.00103. The molecule has 2 N–H and O–H groups in total. The van der Waals surface area contributed by atoms with Gasteiger partial charge in [-0.2, -0.15) is 5.26 Å². The average Bonchev–Trinajstić information content (AvgIpc) is 2.14. The van der Waals surface area contributed by atoms with Gasteiger partial charge in [0, 0.05) is 6.07 Å². The van der Waals surface area contributed by atoms with E-state index in [2.05, 4.69) is 0 Å². The second kappa shape index (κ2) is 5.20. The number of ether oxygens (including phenoxy) is 1. The van der Waals surface area contributed by atoms with Gasteiger partial charge in [-0.15, -0.1) is 0 Å². The minimum absolute atomic E-state index is 0.0779. The van der Waals surface area contributed by atoms with Crippen LogP contribution in [-0.2, 0) is 6.42 Å². The maximum atomic E-state index is 13.0. The van der Waals surface area contributed by atoms with Gasteiger partial charge in [0.25, 0.3) is 0 Å². The topological polar surface area (TPSA) is 59.0 Å². The molecule has 1 aromatic rings. The van der Waals surface area contributed by atoms with Gasteiger partial charge in [0.1, 0.15) is 17.6 Å². The van der Waals surface area contributed by atoms with Crippen LogP contribution < -0.4 is 10.5 Å². The van der Waals surface area contributed by atoms with Gasteiger partial charge in [-0.05, 0) is 30.7 Å². The fourth-order valence-electron chi connectivity index (χ4n) is 1.13. The number of halogens is 1. The Bertz CT molecular complexity index is 346. The molecule has 0 aliphatic carbocycles. The molecule has 14 heavy (non-hydrogen) atoms. The Labute approximate surface area is 81.9 Å². The second-order valence-corrected chi connectivity index (χ2v) is 2.78. The Hall–Kier alpha value is -1.60. The molecule has 0 unspecified atom stereocenters. The van der Waals surface area contributed by atoms with Crippen LogP contribution in [0.5, 0.6) is 5.75 Å². The van der Waals surface area contributed by atoms with Crippen molar-refractivity contribution < 1.29 is 9.13 Å². The molecule has 1 rings (SSSR count). The average molecular weight is 194 g/mol. The summed E-state index contributed by atoms with van der Waals surface area (Å²) in [5, 5.41) is 8.28. The number of nitrogens with zero attached hydrogens (tertiary/aromatic N) is 1. The maximum Gasteiger partial charge on any atom is 0.174 e. The molecule has 0 saturated carbocycles. The van der Waals surface area contributed by atoms with Gasteiger partial charge in [-0.1, -0.05) is 0 Å². The highest BCUT2D eigenvalue weighted by atomic mass is 19.1. The third-order valence-electron chi connectivity index (χ3n) is 1.67. The zero-order valence-electron chi connectivity index (χ0n) is 7.66. The lowest BCUT2D eigenvalue weighted by molar-refractivity contribution is 0.365. The summed E-state index contributed by atoms with van der Waals surface area (Å²) in [6, 6.07) is 6.16. The molecule has 0 amide bonds. The predicted molar refractivity (Wildman–Crippen MR) is 50.3 cm³/mol. The zero-order chi connectivity index (χ0) is 10.4. The van der Waals surface area contributed by atoms with E-state index >= 15 is 0 Å². The van der Waals surface area contributed by atoms with E-state index in [1.807, 2.05) is 6.07 Å². The molecule has 4 heteroatoms. The summed E-state index contributed by atoms with van der Waals surface area (Å²) in [6.45, 7) is 0.382. The first-order valence-corrected chi connectivity index (χ1v) is 4.25. The Kier molecular flexibility index (Phi) is 3.89. The molecule has 0 aliphatic rings. The van der Waals surface area contributed by atoms with Crippen molar-refractivity contribution in [1.29, 1.82) is 5.26 Å². The fraction of sp³-hybridized carbons (Fsp3) is 0.300. The number of nitriles is 1. The Balaban J connectivity index is 2.79. The van der Waals surface area contributed by atoms with E-state index in [9.17, 15) is 4.39 Å². The Morgan fingerprint density at radius 1 is 1.43 bits per heavy atom. The highest BCUT2D eigenvalue weighted by Crippen LogP contribution is 2.16. The van der Waals surface area contributed by atoms with Gasteiger partial charge in [0.2, 0.25) is 0 Å². The summed E-state index contributed by atoms with van der Waals surface area (Å²) < 4.78 is 18.0. The largest absolute Gasteiger partial charge is 0.479 e. The fourth-order valence-corrected chi connectivity index (χ4v) is 1.13. The number of hydrogen-bond acceptors (Lipinski definition) is 3. The van der Waals surface area contributed by atoms with Crippen LogP contribution in [0.1, 0.15) is 5.56 Å². The van der Waals surface area contributed by atoms with E-state index in [0.717, 1.165) is 5.56 Å². The van der Waals surface area contributed by atoms with E-state index in [-0.39, 0.29) is 12.4 Å². The van der Waals surface area contributed by atoms with Gasteiger partial charge in [0.05, 0.1) is 0 Å². The predicted octanol–water partition coefficient (Wildman–Crippen LogP) is 1.23. The van der Waals surface area contributed by atoms with Crippen LogP contribution in [0.4, 0.5) is 4.39 Å². The molecule has 74 valence electrons. The van der Waals surface area contributed by atoms with Crippen LogP contribution in [0, 0.1) is 17.1 Å². The first-order chi connectivity index (χ1) is 6.76. The van der Waals surface area contributed by atoms with Crippen LogP contribution in [-0.4, -0.2) is 13.2 Å². The van der Waals surface area contributed by atoms with Crippen molar-refractivity contribution in [3.05, 3.63) is 29.6 Å².